The van der Waals surface area contributed by atoms with Crippen LogP contribution in [0.5, 0.6) is 0 Å². The number of primary amides is 1. The number of carbonyl (C=O) groups excluding carboxylic acids is 2. The van der Waals surface area contributed by atoms with Gasteiger partial charge in [0, 0.05) is 19.0 Å². The number of amides is 2. The van der Waals surface area contributed by atoms with E-state index in [2.05, 4.69) is 0 Å². The summed E-state index contributed by atoms with van der Waals surface area (Å²) < 4.78 is 39.0. The second-order valence-corrected chi connectivity index (χ2v) is 6.60. The highest BCUT2D eigenvalue weighted by molar-refractivity contribution is 5.83. The SMILES string of the molecule is NC(=O)[C@@H]1CN(C(=O)C(C2CC2)C2CC2)C[C@H]1C(F)(F)F. The van der Waals surface area contributed by atoms with E-state index in [1.165, 1.54) is 4.90 Å². The van der Waals surface area contributed by atoms with Crippen LogP contribution in [0.2, 0.25) is 0 Å². The fourth-order valence-electron chi connectivity index (χ4n) is 3.51. The maximum Gasteiger partial charge on any atom is 0.394 e. The molecule has 0 aromatic carbocycles. The van der Waals surface area contributed by atoms with Crippen molar-refractivity contribution in [3.05, 3.63) is 0 Å². The Morgan fingerprint density at radius 2 is 1.57 bits per heavy atom. The molecule has 0 aromatic rings. The summed E-state index contributed by atoms with van der Waals surface area (Å²) in [6.07, 6.45) is -0.542. The molecule has 3 fully saturated rings. The first kappa shape index (κ1) is 14.7. The minimum absolute atomic E-state index is 0.134. The number of hydrogen-bond donors (Lipinski definition) is 1. The van der Waals surface area contributed by atoms with Gasteiger partial charge < -0.3 is 10.6 Å². The Bertz CT molecular complexity index is 446. The van der Waals surface area contributed by atoms with Crippen molar-refractivity contribution in [1.29, 1.82) is 0 Å². The van der Waals surface area contributed by atoms with Crippen LogP contribution in [-0.4, -0.2) is 36.0 Å². The Hall–Kier alpha value is -1.27. The van der Waals surface area contributed by atoms with Crippen molar-refractivity contribution in [2.45, 2.75) is 31.9 Å². The molecule has 4 nitrogen and oxygen atoms in total. The Labute approximate surface area is 120 Å². The minimum Gasteiger partial charge on any atom is -0.369 e. The number of halogens is 3. The molecule has 1 heterocycles. The fraction of sp³-hybridized carbons (Fsp3) is 0.857. The van der Waals surface area contributed by atoms with Crippen molar-refractivity contribution < 1.29 is 22.8 Å². The Morgan fingerprint density at radius 3 is 1.90 bits per heavy atom. The van der Waals surface area contributed by atoms with Crippen LogP contribution >= 0.6 is 0 Å². The molecular formula is C14H19F3N2O2. The van der Waals surface area contributed by atoms with Crippen LogP contribution in [0.25, 0.3) is 0 Å². The minimum atomic E-state index is -4.50. The second kappa shape index (κ2) is 4.88. The summed E-state index contributed by atoms with van der Waals surface area (Å²) in [5.74, 6) is -3.76. The van der Waals surface area contributed by atoms with E-state index in [-0.39, 0.29) is 18.4 Å². The molecule has 2 N–H and O–H groups in total. The molecule has 118 valence electrons. The molecule has 2 aliphatic carbocycles. The summed E-state index contributed by atoms with van der Waals surface area (Å²) in [5.41, 5.74) is 5.09. The van der Waals surface area contributed by atoms with Crippen LogP contribution in [0.3, 0.4) is 0 Å². The van der Waals surface area contributed by atoms with E-state index in [4.69, 9.17) is 5.73 Å². The first-order valence-corrected chi connectivity index (χ1v) is 7.44. The molecule has 3 aliphatic rings. The third-order valence-corrected chi connectivity index (χ3v) is 4.96. The highest BCUT2D eigenvalue weighted by Crippen LogP contribution is 2.50. The van der Waals surface area contributed by atoms with Crippen molar-refractivity contribution in [3.63, 3.8) is 0 Å². The van der Waals surface area contributed by atoms with E-state index in [1.807, 2.05) is 0 Å². The van der Waals surface area contributed by atoms with Crippen LogP contribution in [0, 0.1) is 29.6 Å². The Balaban J connectivity index is 1.74. The number of alkyl halides is 3. The fourth-order valence-corrected chi connectivity index (χ4v) is 3.51. The van der Waals surface area contributed by atoms with E-state index in [0.29, 0.717) is 11.8 Å². The van der Waals surface area contributed by atoms with E-state index in [0.717, 1.165) is 25.7 Å². The molecule has 7 heteroatoms. The molecule has 1 aliphatic heterocycles. The van der Waals surface area contributed by atoms with Crippen LogP contribution in [-0.2, 0) is 9.59 Å². The zero-order valence-electron chi connectivity index (χ0n) is 11.6. The summed E-state index contributed by atoms with van der Waals surface area (Å²) in [7, 11) is 0. The Morgan fingerprint density at radius 1 is 1.05 bits per heavy atom. The van der Waals surface area contributed by atoms with Crippen LogP contribution in [0.4, 0.5) is 13.2 Å². The van der Waals surface area contributed by atoms with Gasteiger partial charge in [0.15, 0.2) is 0 Å². The summed E-state index contributed by atoms with van der Waals surface area (Å²) in [5, 5.41) is 0. The highest BCUT2D eigenvalue weighted by Gasteiger charge is 2.55. The maximum atomic E-state index is 13.0. The maximum absolute atomic E-state index is 13.0. The lowest BCUT2D eigenvalue weighted by atomic mass is 9.95. The van der Waals surface area contributed by atoms with Gasteiger partial charge in [-0.15, -0.1) is 0 Å². The van der Waals surface area contributed by atoms with Crippen molar-refractivity contribution in [2.75, 3.05) is 13.1 Å². The monoisotopic (exact) mass is 304 g/mol. The molecule has 0 aromatic heterocycles. The molecule has 0 unspecified atom stereocenters. The van der Waals surface area contributed by atoms with Gasteiger partial charge in [-0.1, -0.05) is 0 Å². The lowest BCUT2D eigenvalue weighted by molar-refractivity contribution is -0.183. The van der Waals surface area contributed by atoms with E-state index >= 15 is 0 Å². The standard InChI is InChI=1S/C14H19F3N2O2/c15-14(16,17)10-6-19(5-9(10)12(18)20)13(21)11(7-1-2-7)8-3-4-8/h7-11H,1-6H2,(H2,18,20)/t9-,10-/m1/s1. The van der Waals surface area contributed by atoms with Crippen molar-refractivity contribution in [2.24, 2.45) is 35.3 Å². The number of hydrogen-bond acceptors (Lipinski definition) is 2. The van der Waals surface area contributed by atoms with Gasteiger partial charge in [-0.3, -0.25) is 9.59 Å². The molecule has 21 heavy (non-hydrogen) atoms. The van der Waals surface area contributed by atoms with Crippen molar-refractivity contribution in [1.82, 2.24) is 4.90 Å². The molecule has 3 rings (SSSR count). The molecule has 0 bridgehead atoms. The molecule has 2 saturated carbocycles. The number of nitrogens with two attached hydrogens (primary N) is 1. The molecular weight excluding hydrogens is 285 g/mol. The number of likely N-dealkylation sites (tertiary alicyclic amines) is 1. The normalized spacial score (nSPS) is 30.0. The first-order valence-electron chi connectivity index (χ1n) is 7.44. The third kappa shape index (κ3) is 2.87. The van der Waals surface area contributed by atoms with Crippen LogP contribution in [0.1, 0.15) is 25.7 Å². The quantitative estimate of drug-likeness (QED) is 0.856. The van der Waals surface area contributed by atoms with Gasteiger partial charge in [-0.25, -0.2) is 0 Å². The summed E-state index contributed by atoms with van der Waals surface area (Å²) >= 11 is 0. The van der Waals surface area contributed by atoms with Gasteiger partial charge in [-0.2, -0.15) is 13.2 Å². The average Bonchev–Trinajstić information content (AvgIpc) is 3.29. The Kier molecular flexibility index (Phi) is 3.41. The number of carbonyl (C=O) groups is 2. The summed E-state index contributed by atoms with van der Waals surface area (Å²) in [4.78, 5) is 25.1. The lowest BCUT2D eigenvalue weighted by Gasteiger charge is -2.23. The smallest absolute Gasteiger partial charge is 0.369 e. The van der Waals surface area contributed by atoms with Crippen LogP contribution < -0.4 is 5.73 Å². The van der Waals surface area contributed by atoms with Crippen molar-refractivity contribution >= 4 is 11.8 Å². The number of nitrogens with zero attached hydrogens (tertiary/aromatic N) is 1. The summed E-state index contributed by atoms with van der Waals surface area (Å²) in [6, 6.07) is 0. The van der Waals surface area contributed by atoms with Gasteiger partial charge in [0.25, 0.3) is 0 Å². The van der Waals surface area contributed by atoms with Crippen LogP contribution in [0.15, 0.2) is 0 Å². The molecule has 1 saturated heterocycles. The van der Waals surface area contributed by atoms with E-state index in [1.54, 1.807) is 0 Å². The predicted molar refractivity (Wildman–Crippen MR) is 67.7 cm³/mol. The van der Waals surface area contributed by atoms with E-state index in [9.17, 15) is 22.8 Å². The molecule has 0 radical (unpaired) electrons. The molecule has 2 amide bonds. The zero-order valence-corrected chi connectivity index (χ0v) is 11.6. The second-order valence-electron chi connectivity index (χ2n) is 6.60. The number of rotatable bonds is 4. The zero-order chi connectivity index (χ0) is 15.4. The molecule has 2 atom stereocenters. The largest absolute Gasteiger partial charge is 0.394 e. The average molecular weight is 304 g/mol. The van der Waals surface area contributed by atoms with Gasteiger partial charge in [0.2, 0.25) is 11.8 Å². The topological polar surface area (TPSA) is 63.4 Å². The summed E-state index contributed by atoms with van der Waals surface area (Å²) in [6.45, 7) is -0.611. The first-order chi connectivity index (χ1) is 9.79. The van der Waals surface area contributed by atoms with Crippen molar-refractivity contribution in [3.8, 4) is 0 Å². The lowest BCUT2D eigenvalue weighted by Crippen LogP contribution is -2.37. The van der Waals surface area contributed by atoms with Gasteiger partial charge in [-0.05, 0) is 37.5 Å². The third-order valence-electron chi connectivity index (χ3n) is 4.96. The highest BCUT2D eigenvalue weighted by atomic mass is 19.4. The van der Waals surface area contributed by atoms with Gasteiger partial charge in [0.05, 0.1) is 11.8 Å². The predicted octanol–water partition coefficient (Wildman–Crippen LogP) is 1.54. The molecule has 0 spiro atoms. The van der Waals surface area contributed by atoms with Gasteiger partial charge in [0.1, 0.15) is 0 Å². The van der Waals surface area contributed by atoms with E-state index < -0.39 is 30.5 Å². The van der Waals surface area contributed by atoms with Gasteiger partial charge >= 0.3 is 6.18 Å².